The summed E-state index contributed by atoms with van der Waals surface area (Å²) in [6, 6.07) is 4.93. The van der Waals surface area contributed by atoms with Gasteiger partial charge < -0.3 is 14.6 Å². The van der Waals surface area contributed by atoms with Crippen LogP contribution in [0.3, 0.4) is 0 Å². The van der Waals surface area contributed by atoms with E-state index in [9.17, 15) is 0 Å². The molecule has 2 atom stereocenters. The van der Waals surface area contributed by atoms with Crippen LogP contribution in [-0.2, 0) is 0 Å². The van der Waals surface area contributed by atoms with Crippen molar-refractivity contribution in [2.75, 3.05) is 39.8 Å². The summed E-state index contributed by atoms with van der Waals surface area (Å²) in [4.78, 5) is 4.96. The van der Waals surface area contributed by atoms with Gasteiger partial charge in [-0.25, -0.2) is 0 Å². The number of likely N-dealkylation sites (N-methyl/N-ethyl adjacent to an activating group) is 1. The Hall–Kier alpha value is -0.840. The third-order valence-electron chi connectivity index (χ3n) is 3.89. The Balaban J connectivity index is 1.66. The van der Waals surface area contributed by atoms with Crippen LogP contribution >= 0.6 is 0 Å². The van der Waals surface area contributed by atoms with E-state index in [0.717, 1.165) is 18.8 Å². The van der Waals surface area contributed by atoms with Crippen LogP contribution in [0.25, 0.3) is 0 Å². The van der Waals surface area contributed by atoms with E-state index in [0.29, 0.717) is 12.1 Å². The Labute approximate surface area is 110 Å². The number of nitrogens with zero attached hydrogens (tertiary/aromatic N) is 2. The van der Waals surface area contributed by atoms with Crippen molar-refractivity contribution < 1.29 is 4.42 Å². The molecular weight excluding hydrogens is 226 g/mol. The maximum absolute atomic E-state index is 5.39. The molecular formula is C14H25N3O. The van der Waals surface area contributed by atoms with Crippen molar-refractivity contribution >= 4 is 0 Å². The Bertz CT molecular complexity index is 339. The fourth-order valence-corrected chi connectivity index (χ4v) is 2.40. The molecule has 102 valence electrons. The first-order chi connectivity index (χ1) is 8.66. The second-order valence-electron chi connectivity index (χ2n) is 5.32. The highest BCUT2D eigenvalue weighted by molar-refractivity contribution is 5.02. The molecule has 1 aliphatic rings. The minimum Gasteiger partial charge on any atom is -0.468 e. The van der Waals surface area contributed by atoms with Crippen LogP contribution in [-0.4, -0.2) is 55.6 Å². The van der Waals surface area contributed by atoms with Gasteiger partial charge in [0.05, 0.1) is 12.3 Å². The maximum Gasteiger partial charge on any atom is 0.120 e. The number of furan rings is 1. The molecule has 1 aromatic rings. The van der Waals surface area contributed by atoms with Crippen molar-refractivity contribution in [1.29, 1.82) is 0 Å². The first-order valence-electron chi connectivity index (χ1n) is 6.86. The van der Waals surface area contributed by atoms with Crippen LogP contribution < -0.4 is 5.32 Å². The highest BCUT2D eigenvalue weighted by Gasteiger charge is 2.20. The average molecular weight is 251 g/mol. The molecule has 0 radical (unpaired) electrons. The molecule has 1 fully saturated rings. The van der Waals surface area contributed by atoms with Crippen molar-refractivity contribution in [1.82, 2.24) is 15.1 Å². The summed E-state index contributed by atoms with van der Waals surface area (Å²) < 4.78 is 5.39. The van der Waals surface area contributed by atoms with Crippen molar-refractivity contribution in [3.63, 3.8) is 0 Å². The Morgan fingerprint density at radius 2 is 2.33 bits per heavy atom. The maximum atomic E-state index is 5.39. The van der Waals surface area contributed by atoms with E-state index in [1.165, 1.54) is 19.6 Å². The summed E-state index contributed by atoms with van der Waals surface area (Å²) >= 11 is 0. The lowest BCUT2D eigenvalue weighted by Crippen LogP contribution is -2.51. The average Bonchev–Trinajstić information content (AvgIpc) is 2.87. The smallest absolute Gasteiger partial charge is 0.120 e. The molecule has 1 saturated heterocycles. The third kappa shape index (κ3) is 3.57. The molecule has 2 rings (SSSR count). The van der Waals surface area contributed by atoms with Gasteiger partial charge >= 0.3 is 0 Å². The zero-order valence-electron chi connectivity index (χ0n) is 11.7. The molecule has 0 spiro atoms. The van der Waals surface area contributed by atoms with Crippen LogP contribution in [0.5, 0.6) is 0 Å². The van der Waals surface area contributed by atoms with Gasteiger partial charge in [0.1, 0.15) is 5.76 Å². The van der Waals surface area contributed by atoms with Crippen molar-refractivity contribution in [2.24, 2.45) is 0 Å². The van der Waals surface area contributed by atoms with Crippen LogP contribution in [0.1, 0.15) is 25.6 Å². The molecule has 0 aromatic carbocycles. The lowest BCUT2D eigenvalue weighted by Gasteiger charge is -2.37. The van der Waals surface area contributed by atoms with Crippen LogP contribution in [0.4, 0.5) is 0 Å². The fraction of sp³-hybridized carbons (Fsp3) is 0.714. The number of nitrogens with one attached hydrogen (secondary N) is 1. The van der Waals surface area contributed by atoms with E-state index >= 15 is 0 Å². The number of hydrogen-bond acceptors (Lipinski definition) is 4. The Kier molecular flexibility index (Phi) is 4.80. The number of rotatable bonds is 5. The largest absolute Gasteiger partial charge is 0.468 e. The quantitative estimate of drug-likeness (QED) is 0.861. The van der Waals surface area contributed by atoms with Gasteiger partial charge in [0, 0.05) is 38.8 Å². The molecule has 18 heavy (non-hydrogen) atoms. The standard InChI is InChI=1S/C14H25N3O/c1-12-11-17(9-8-16(12)3)7-6-15-13(2)14-5-4-10-18-14/h4-5,10,12-13,15H,6-9,11H2,1-3H3. The first-order valence-corrected chi connectivity index (χ1v) is 6.86. The number of hydrogen-bond donors (Lipinski definition) is 1. The predicted octanol–water partition coefficient (Wildman–Crippen LogP) is 1.57. The number of piperazine rings is 1. The second kappa shape index (κ2) is 6.36. The topological polar surface area (TPSA) is 31.6 Å². The lowest BCUT2D eigenvalue weighted by atomic mass is 10.2. The zero-order valence-corrected chi connectivity index (χ0v) is 11.7. The minimum absolute atomic E-state index is 0.296. The fourth-order valence-electron chi connectivity index (χ4n) is 2.40. The first kappa shape index (κ1) is 13.6. The zero-order chi connectivity index (χ0) is 13.0. The summed E-state index contributed by atoms with van der Waals surface area (Å²) in [5, 5.41) is 3.51. The van der Waals surface area contributed by atoms with Gasteiger partial charge in [0.2, 0.25) is 0 Å². The second-order valence-corrected chi connectivity index (χ2v) is 5.32. The summed E-state index contributed by atoms with van der Waals surface area (Å²) in [5.74, 6) is 1.02. The summed E-state index contributed by atoms with van der Waals surface area (Å²) in [6.45, 7) is 10.1. The molecule has 2 heterocycles. The molecule has 2 unspecified atom stereocenters. The van der Waals surface area contributed by atoms with Gasteiger partial charge in [-0.3, -0.25) is 4.90 Å². The molecule has 1 aromatic heterocycles. The van der Waals surface area contributed by atoms with E-state index in [2.05, 4.69) is 36.0 Å². The van der Waals surface area contributed by atoms with E-state index in [1.54, 1.807) is 6.26 Å². The van der Waals surface area contributed by atoms with Crippen molar-refractivity contribution in [2.45, 2.75) is 25.9 Å². The normalized spacial score (nSPS) is 24.3. The molecule has 1 N–H and O–H groups in total. The summed E-state index contributed by atoms with van der Waals surface area (Å²) in [7, 11) is 2.21. The van der Waals surface area contributed by atoms with Crippen LogP contribution in [0, 0.1) is 0 Å². The molecule has 1 aliphatic heterocycles. The van der Waals surface area contributed by atoms with Gasteiger partial charge in [-0.05, 0) is 33.0 Å². The van der Waals surface area contributed by atoms with Gasteiger partial charge in [0.15, 0.2) is 0 Å². The molecule has 0 saturated carbocycles. The molecule has 0 aliphatic carbocycles. The molecule has 0 bridgehead atoms. The predicted molar refractivity (Wildman–Crippen MR) is 73.7 cm³/mol. The van der Waals surface area contributed by atoms with Gasteiger partial charge in [-0.1, -0.05) is 0 Å². The molecule has 4 nitrogen and oxygen atoms in total. The van der Waals surface area contributed by atoms with Gasteiger partial charge in [-0.15, -0.1) is 0 Å². The van der Waals surface area contributed by atoms with E-state index in [4.69, 9.17) is 4.42 Å². The van der Waals surface area contributed by atoms with Gasteiger partial charge in [-0.2, -0.15) is 0 Å². The summed E-state index contributed by atoms with van der Waals surface area (Å²) in [5.41, 5.74) is 0. The SMILES string of the molecule is CC(NCCN1CCN(C)C(C)C1)c1ccco1. The van der Waals surface area contributed by atoms with E-state index < -0.39 is 0 Å². The third-order valence-corrected chi connectivity index (χ3v) is 3.89. The van der Waals surface area contributed by atoms with Crippen molar-refractivity contribution in [3.05, 3.63) is 24.2 Å². The molecule has 4 heteroatoms. The highest BCUT2D eigenvalue weighted by Crippen LogP contribution is 2.12. The highest BCUT2D eigenvalue weighted by atomic mass is 16.3. The monoisotopic (exact) mass is 251 g/mol. The van der Waals surface area contributed by atoms with Crippen molar-refractivity contribution in [3.8, 4) is 0 Å². The van der Waals surface area contributed by atoms with Crippen LogP contribution in [0.2, 0.25) is 0 Å². The van der Waals surface area contributed by atoms with E-state index in [-0.39, 0.29) is 0 Å². The Morgan fingerprint density at radius 1 is 1.50 bits per heavy atom. The summed E-state index contributed by atoms with van der Waals surface area (Å²) in [6.07, 6.45) is 1.73. The molecule has 0 amide bonds. The minimum atomic E-state index is 0.296. The van der Waals surface area contributed by atoms with E-state index in [1.807, 2.05) is 12.1 Å². The van der Waals surface area contributed by atoms with Gasteiger partial charge in [0.25, 0.3) is 0 Å². The Morgan fingerprint density at radius 3 is 3.00 bits per heavy atom. The van der Waals surface area contributed by atoms with Crippen LogP contribution in [0.15, 0.2) is 22.8 Å². The lowest BCUT2D eigenvalue weighted by molar-refractivity contribution is 0.105.